The van der Waals surface area contributed by atoms with Crippen molar-refractivity contribution in [3.8, 4) is 6.07 Å². The number of nitriles is 1. The lowest BCUT2D eigenvalue weighted by molar-refractivity contribution is 0.242. The Balaban J connectivity index is 1.80. The molecule has 0 saturated carbocycles. The zero-order chi connectivity index (χ0) is 11.9. The highest BCUT2D eigenvalue weighted by molar-refractivity contribution is 5.15. The van der Waals surface area contributed by atoms with Crippen LogP contribution in [0.25, 0.3) is 0 Å². The van der Waals surface area contributed by atoms with Gasteiger partial charge in [0.15, 0.2) is 0 Å². The third kappa shape index (κ3) is 3.64. The molecule has 88 valence electrons. The molecule has 0 atom stereocenters. The minimum absolute atomic E-state index is 0.795. The first-order valence-corrected chi connectivity index (χ1v) is 6.23. The van der Waals surface area contributed by atoms with Crippen molar-refractivity contribution in [1.82, 2.24) is 4.90 Å². The van der Waals surface area contributed by atoms with E-state index in [1.54, 1.807) is 6.08 Å². The Kier molecular flexibility index (Phi) is 4.21. The van der Waals surface area contributed by atoms with Gasteiger partial charge in [0.1, 0.15) is 0 Å². The van der Waals surface area contributed by atoms with Crippen LogP contribution in [0.3, 0.4) is 0 Å². The highest BCUT2D eigenvalue weighted by Gasteiger charge is 2.17. The number of likely N-dealkylation sites (tertiary alicyclic amines) is 1. The largest absolute Gasteiger partial charge is 0.377 e. The molecule has 2 nitrogen and oxygen atoms in total. The van der Waals surface area contributed by atoms with Crippen molar-refractivity contribution in [2.24, 2.45) is 5.92 Å². The van der Waals surface area contributed by atoms with Gasteiger partial charge in [-0.25, -0.2) is 0 Å². The SMILES string of the molecule is N#CC=CN1CCC(Cc2ccccc2)CC1. The van der Waals surface area contributed by atoms with E-state index in [4.69, 9.17) is 5.26 Å². The minimum atomic E-state index is 0.795. The molecule has 0 spiro atoms. The van der Waals surface area contributed by atoms with Crippen molar-refractivity contribution in [2.45, 2.75) is 19.3 Å². The molecule has 0 N–H and O–H groups in total. The molecule has 2 heteroatoms. The van der Waals surface area contributed by atoms with Crippen molar-refractivity contribution in [3.05, 3.63) is 48.2 Å². The summed E-state index contributed by atoms with van der Waals surface area (Å²) in [5.74, 6) is 0.795. The van der Waals surface area contributed by atoms with Crippen LogP contribution in [0.15, 0.2) is 42.6 Å². The summed E-state index contributed by atoms with van der Waals surface area (Å²) in [6, 6.07) is 12.8. The van der Waals surface area contributed by atoms with Crippen molar-refractivity contribution in [1.29, 1.82) is 5.26 Å². The molecule has 0 aliphatic carbocycles. The first-order valence-electron chi connectivity index (χ1n) is 6.23. The fourth-order valence-corrected chi connectivity index (χ4v) is 2.39. The van der Waals surface area contributed by atoms with Crippen LogP contribution in [0.1, 0.15) is 18.4 Å². The van der Waals surface area contributed by atoms with Gasteiger partial charge in [-0.3, -0.25) is 0 Å². The van der Waals surface area contributed by atoms with Crippen LogP contribution in [0.5, 0.6) is 0 Å². The molecule has 0 amide bonds. The van der Waals surface area contributed by atoms with Gasteiger partial charge in [-0.2, -0.15) is 5.26 Å². The number of rotatable bonds is 3. The van der Waals surface area contributed by atoms with Crippen molar-refractivity contribution in [2.75, 3.05) is 13.1 Å². The number of nitrogens with zero attached hydrogens (tertiary/aromatic N) is 2. The zero-order valence-corrected chi connectivity index (χ0v) is 10.0. The van der Waals surface area contributed by atoms with E-state index < -0.39 is 0 Å². The molecule has 0 bridgehead atoms. The van der Waals surface area contributed by atoms with E-state index in [-0.39, 0.29) is 0 Å². The Hall–Kier alpha value is -1.75. The topological polar surface area (TPSA) is 27.0 Å². The smallest absolute Gasteiger partial charge is 0.0927 e. The van der Waals surface area contributed by atoms with E-state index in [0.717, 1.165) is 19.0 Å². The molecule has 1 aliphatic rings. The van der Waals surface area contributed by atoms with Crippen LogP contribution in [-0.4, -0.2) is 18.0 Å². The monoisotopic (exact) mass is 226 g/mol. The fraction of sp³-hybridized carbons (Fsp3) is 0.400. The molecule has 1 aliphatic heterocycles. The number of benzene rings is 1. The highest BCUT2D eigenvalue weighted by Crippen LogP contribution is 2.21. The molecule has 17 heavy (non-hydrogen) atoms. The van der Waals surface area contributed by atoms with Crippen LogP contribution >= 0.6 is 0 Å². The van der Waals surface area contributed by atoms with Crippen molar-refractivity contribution >= 4 is 0 Å². The minimum Gasteiger partial charge on any atom is -0.377 e. The van der Waals surface area contributed by atoms with Crippen LogP contribution < -0.4 is 0 Å². The average Bonchev–Trinajstić information content (AvgIpc) is 2.39. The van der Waals surface area contributed by atoms with E-state index in [1.807, 2.05) is 12.3 Å². The Morgan fingerprint density at radius 3 is 2.59 bits per heavy atom. The average molecular weight is 226 g/mol. The molecule has 1 aromatic rings. The van der Waals surface area contributed by atoms with Gasteiger partial charge < -0.3 is 4.90 Å². The Bertz CT molecular complexity index is 395. The van der Waals surface area contributed by atoms with Crippen LogP contribution in [0.4, 0.5) is 0 Å². The van der Waals surface area contributed by atoms with Crippen molar-refractivity contribution < 1.29 is 0 Å². The molecular formula is C15H18N2. The van der Waals surface area contributed by atoms with E-state index in [2.05, 4.69) is 35.2 Å². The first-order chi connectivity index (χ1) is 8.38. The zero-order valence-electron chi connectivity index (χ0n) is 10.0. The van der Waals surface area contributed by atoms with E-state index in [1.165, 1.54) is 24.8 Å². The lowest BCUT2D eigenvalue weighted by Crippen LogP contribution is -2.30. The van der Waals surface area contributed by atoms with Gasteiger partial charge in [0.05, 0.1) is 6.07 Å². The molecule has 0 unspecified atom stereocenters. The van der Waals surface area contributed by atoms with E-state index >= 15 is 0 Å². The third-order valence-corrected chi connectivity index (χ3v) is 3.38. The normalized spacial score (nSPS) is 17.2. The van der Waals surface area contributed by atoms with Gasteiger partial charge in [-0.1, -0.05) is 30.3 Å². The molecule has 1 saturated heterocycles. The predicted octanol–water partition coefficient (Wildman–Crippen LogP) is 2.98. The molecular weight excluding hydrogens is 208 g/mol. The predicted molar refractivity (Wildman–Crippen MR) is 69.2 cm³/mol. The second-order valence-corrected chi connectivity index (χ2v) is 4.61. The van der Waals surface area contributed by atoms with Crippen molar-refractivity contribution in [3.63, 3.8) is 0 Å². The van der Waals surface area contributed by atoms with Gasteiger partial charge in [-0.15, -0.1) is 0 Å². The quantitative estimate of drug-likeness (QED) is 0.741. The highest BCUT2D eigenvalue weighted by atomic mass is 15.1. The summed E-state index contributed by atoms with van der Waals surface area (Å²) in [5, 5.41) is 8.48. The summed E-state index contributed by atoms with van der Waals surface area (Å²) in [7, 11) is 0. The van der Waals surface area contributed by atoms with Gasteiger partial charge in [0.2, 0.25) is 0 Å². The van der Waals surface area contributed by atoms with Crippen LogP contribution in [0.2, 0.25) is 0 Å². The van der Waals surface area contributed by atoms with E-state index in [9.17, 15) is 0 Å². The Morgan fingerprint density at radius 1 is 1.24 bits per heavy atom. The van der Waals surface area contributed by atoms with E-state index in [0.29, 0.717) is 0 Å². The van der Waals surface area contributed by atoms with Crippen LogP contribution in [0, 0.1) is 17.2 Å². The molecule has 1 heterocycles. The Morgan fingerprint density at radius 2 is 1.94 bits per heavy atom. The van der Waals surface area contributed by atoms with Gasteiger partial charge in [-0.05, 0) is 30.7 Å². The number of allylic oxidation sites excluding steroid dienone is 1. The maximum atomic E-state index is 8.48. The summed E-state index contributed by atoms with van der Waals surface area (Å²) in [5.41, 5.74) is 1.44. The third-order valence-electron chi connectivity index (χ3n) is 3.38. The van der Waals surface area contributed by atoms with Gasteiger partial charge in [0, 0.05) is 25.4 Å². The maximum absolute atomic E-state index is 8.48. The summed E-state index contributed by atoms with van der Waals surface area (Å²) < 4.78 is 0. The van der Waals surface area contributed by atoms with Gasteiger partial charge in [0.25, 0.3) is 0 Å². The van der Waals surface area contributed by atoms with Crippen LogP contribution in [-0.2, 0) is 6.42 Å². The first kappa shape index (κ1) is 11.7. The molecule has 1 aromatic carbocycles. The molecule has 1 fully saturated rings. The summed E-state index contributed by atoms with van der Waals surface area (Å²) in [6.07, 6.45) is 7.13. The van der Waals surface area contributed by atoms with Gasteiger partial charge >= 0.3 is 0 Å². The molecule has 0 aromatic heterocycles. The standard InChI is InChI=1S/C15H18N2/c16-9-4-10-17-11-7-15(8-12-17)13-14-5-2-1-3-6-14/h1-6,10,15H,7-8,11-13H2. The Labute approximate surface area is 103 Å². The summed E-state index contributed by atoms with van der Waals surface area (Å²) >= 11 is 0. The second-order valence-electron chi connectivity index (χ2n) is 4.61. The molecule has 2 rings (SSSR count). The summed E-state index contributed by atoms with van der Waals surface area (Å²) in [6.45, 7) is 2.16. The summed E-state index contributed by atoms with van der Waals surface area (Å²) in [4.78, 5) is 2.24. The fourth-order valence-electron chi connectivity index (χ4n) is 2.39. The lowest BCUT2D eigenvalue weighted by Gasteiger charge is -2.30. The lowest BCUT2D eigenvalue weighted by atomic mass is 9.90. The number of piperidine rings is 1. The second kappa shape index (κ2) is 6.10. The number of hydrogen-bond donors (Lipinski definition) is 0. The maximum Gasteiger partial charge on any atom is 0.0927 e. The number of hydrogen-bond acceptors (Lipinski definition) is 2. The molecule has 0 radical (unpaired) electrons.